The van der Waals surface area contributed by atoms with Crippen LogP contribution in [-0.4, -0.2) is 29.1 Å². The average Bonchev–Trinajstić information content (AvgIpc) is 2.29. The van der Waals surface area contributed by atoms with Gasteiger partial charge in [-0.05, 0) is 70.4 Å². The second-order valence-electron chi connectivity index (χ2n) is 6.22. The van der Waals surface area contributed by atoms with Gasteiger partial charge in [-0.15, -0.1) is 0 Å². The van der Waals surface area contributed by atoms with Gasteiger partial charge in [0, 0.05) is 0 Å². The van der Waals surface area contributed by atoms with Crippen LogP contribution in [0.15, 0.2) is 0 Å². The van der Waals surface area contributed by atoms with Gasteiger partial charge in [-0.25, -0.2) is 0 Å². The van der Waals surface area contributed by atoms with E-state index < -0.39 is 5.41 Å². The number of ether oxygens (including phenoxy) is 1. The lowest BCUT2D eigenvalue weighted by molar-refractivity contribution is -0.173. The molecule has 1 aliphatic rings. The Labute approximate surface area is 125 Å². The summed E-state index contributed by atoms with van der Waals surface area (Å²) in [4.78, 5) is 12.1. The fourth-order valence-electron chi connectivity index (χ4n) is 2.18. The number of hydrogen-bond donors (Lipinski definition) is 1. The molecule has 0 amide bonds. The summed E-state index contributed by atoms with van der Waals surface area (Å²) < 4.78 is 7.09. The van der Waals surface area contributed by atoms with Crippen LogP contribution in [0.3, 0.4) is 0 Å². The number of alkyl halides is 1. The van der Waals surface area contributed by atoms with Crippen molar-refractivity contribution < 1.29 is 9.53 Å². The summed E-state index contributed by atoms with van der Waals surface area (Å²) in [5.74, 6) is -0.0566. The minimum atomic E-state index is -0.402. The lowest BCUT2D eigenvalue weighted by atomic mass is 9.86. The van der Waals surface area contributed by atoms with Gasteiger partial charge >= 0.3 is 5.97 Å². The average molecular weight is 367 g/mol. The van der Waals surface area contributed by atoms with Crippen molar-refractivity contribution in [1.29, 1.82) is 0 Å². The largest absolute Gasteiger partial charge is 0.459 e. The van der Waals surface area contributed by atoms with E-state index in [0.29, 0.717) is 0 Å². The molecular weight excluding hydrogens is 341 g/mol. The Kier molecular flexibility index (Phi) is 6.38. The third-order valence-electron chi connectivity index (χ3n) is 3.45. The van der Waals surface area contributed by atoms with Gasteiger partial charge in [0.15, 0.2) is 0 Å². The van der Waals surface area contributed by atoms with Crippen molar-refractivity contribution in [2.24, 2.45) is 5.41 Å². The first-order chi connectivity index (χ1) is 8.40. The maximum absolute atomic E-state index is 12.1. The fraction of sp³-hybridized carbons (Fsp3) is 0.929. The SMILES string of the molecule is CC(C)(C)C(=O)OC1(CCCCI)CCNCC1. The standard InChI is InChI=1S/C14H26INO2/c1-13(2,3)12(17)18-14(6-4-5-9-15)7-10-16-11-8-14/h16H,4-11H2,1-3H3. The molecule has 1 N–H and O–H groups in total. The number of piperidine rings is 1. The topological polar surface area (TPSA) is 38.3 Å². The smallest absolute Gasteiger partial charge is 0.311 e. The highest BCUT2D eigenvalue weighted by atomic mass is 127. The molecule has 1 heterocycles. The minimum absolute atomic E-state index is 0.0566. The van der Waals surface area contributed by atoms with Gasteiger partial charge < -0.3 is 10.1 Å². The second kappa shape index (κ2) is 7.08. The molecule has 1 rings (SSSR count). The summed E-state index contributed by atoms with van der Waals surface area (Å²) in [6.07, 6.45) is 5.29. The van der Waals surface area contributed by atoms with E-state index in [1.165, 1.54) is 10.8 Å². The van der Waals surface area contributed by atoms with Crippen LogP contribution < -0.4 is 5.32 Å². The number of unbranched alkanes of at least 4 members (excludes halogenated alkanes) is 1. The van der Waals surface area contributed by atoms with Crippen LogP contribution in [0, 0.1) is 5.41 Å². The van der Waals surface area contributed by atoms with Gasteiger partial charge in [-0.2, -0.15) is 0 Å². The van der Waals surface area contributed by atoms with Crippen molar-refractivity contribution in [3.8, 4) is 0 Å². The number of carbonyl (C=O) groups excluding carboxylic acids is 1. The first-order valence-electron chi connectivity index (χ1n) is 6.90. The van der Waals surface area contributed by atoms with Gasteiger partial charge in [0.1, 0.15) is 5.60 Å². The van der Waals surface area contributed by atoms with E-state index in [9.17, 15) is 4.79 Å². The molecule has 18 heavy (non-hydrogen) atoms. The Bertz CT molecular complexity index is 267. The van der Waals surface area contributed by atoms with Crippen molar-refractivity contribution in [3.63, 3.8) is 0 Å². The maximum atomic E-state index is 12.1. The summed E-state index contributed by atoms with van der Waals surface area (Å²) in [5.41, 5.74) is -0.609. The van der Waals surface area contributed by atoms with Gasteiger partial charge in [0.2, 0.25) is 0 Å². The number of esters is 1. The van der Waals surface area contributed by atoms with Crippen molar-refractivity contribution in [1.82, 2.24) is 5.32 Å². The first kappa shape index (κ1) is 16.2. The van der Waals surface area contributed by atoms with Crippen LogP contribution in [0.1, 0.15) is 52.9 Å². The Morgan fingerprint density at radius 1 is 1.28 bits per heavy atom. The van der Waals surface area contributed by atoms with Crippen molar-refractivity contribution >= 4 is 28.6 Å². The summed E-state index contributed by atoms with van der Waals surface area (Å²) >= 11 is 2.40. The third kappa shape index (κ3) is 5.03. The van der Waals surface area contributed by atoms with E-state index >= 15 is 0 Å². The van der Waals surface area contributed by atoms with E-state index in [4.69, 9.17) is 4.74 Å². The third-order valence-corrected chi connectivity index (χ3v) is 4.22. The highest BCUT2D eigenvalue weighted by molar-refractivity contribution is 14.1. The molecule has 0 spiro atoms. The van der Waals surface area contributed by atoms with Gasteiger partial charge in [0.05, 0.1) is 5.41 Å². The summed E-state index contributed by atoms with van der Waals surface area (Å²) in [6, 6.07) is 0. The summed E-state index contributed by atoms with van der Waals surface area (Å²) in [6.45, 7) is 7.70. The summed E-state index contributed by atoms with van der Waals surface area (Å²) in [5, 5.41) is 3.35. The summed E-state index contributed by atoms with van der Waals surface area (Å²) in [7, 11) is 0. The molecular formula is C14H26INO2. The second-order valence-corrected chi connectivity index (χ2v) is 7.30. The molecule has 0 radical (unpaired) electrons. The number of carbonyl (C=O) groups is 1. The Balaban J connectivity index is 2.62. The zero-order chi connectivity index (χ0) is 13.6. The molecule has 0 saturated carbocycles. The molecule has 0 atom stereocenters. The van der Waals surface area contributed by atoms with Gasteiger partial charge in [0.25, 0.3) is 0 Å². The molecule has 0 aromatic carbocycles. The van der Waals surface area contributed by atoms with E-state index in [-0.39, 0.29) is 11.6 Å². The molecule has 0 aromatic rings. The fourth-order valence-corrected chi connectivity index (χ4v) is 2.72. The molecule has 1 saturated heterocycles. The number of rotatable bonds is 5. The van der Waals surface area contributed by atoms with Gasteiger partial charge in [-0.1, -0.05) is 22.6 Å². The monoisotopic (exact) mass is 367 g/mol. The molecule has 0 aromatic heterocycles. The van der Waals surface area contributed by atoms with E-state index in [2.05, 4.69) is 27.9 Å². The zero-order valence-electron chi connectivity index (χ0n) is 11.9. The predicted molar refractivity (Wildman–Crippen MR) is 83.1 cm³/mol. The van der Waals surface area contributed by atoms with Crippen LogP contribution in [0.4, 0.5) is 0 Å². The Morgan fingerprint density at radius 3 is 2.39 bits per heavy atom. The molecule has 4 heteroatoms. The first-order valence-corrected chi connectivity index (χ1v) is 8.42. The molecule has 106 valence electrons. The van der Waals surface area contributed by atoms with Crippen LogP contribution in [-0.2, 0) is 9.53 Å². The highest BCUT2D eigenvalue weighted by Gasteiger charge is 2.38. The normalized spacial score (nSPS) is 19.6. The zero-order valence-corrected chi connectivity index (χ0v) is 14.0. The van der Waals surface area contributed by atoms with Crippen LogP contribution in [0.5, 0.6) is 0 Å². The lowest BCUT2D eigenvalue weighted by Gasteiger charge is -2.39. The van der Waals surface area contributed by atoms with Gasteiger partial charge in [-0.3, -0.25) is 4.79 Å². The van der Waals surface area contributed by atoms with E-state index in [0.717, 1.165) is 38.8 Å². The van der Waals surface area contributed by atoms with Crippen molar-refractivity contribution in [3.05, 3.63) is 0 Å². The molecule has 0 unspecified atom stereocenters. The van der Waals surface area contributed by atoms with Crippen molar-refractivity contribution in [2.45, 2.75) is 58.5 Å². The van der Waals surface area contributed by atoms with Crippen LogP contribution in [0.25, 0.3) is 0 Å². The number of hydrogen-bond acceptors (Lipinski definition) is 3. The molecule has 3 nitrogen and oxygen atoms in total. The molecule has 0 bridgehead atoms. The minimum Gasteiger partial charge on any atom is -0.459 e. The molecule has 1 aliphatic heterocycles. The number of nitrogens with one attached hydrogen (secondary N) is 1. The van der Waals surface area contributed by atoms with E-state index in [1.807, 2.05) is 20.8 Å². The number of halogens is 1. The molecule has 1 fully saturated rings. The van der Waals surface area contributed by atoms with Crippen LogP contribution >= 0.6 is 22.6 Å². The lowest BCUT2D eigenvalue weighted by Crippen LogP contribution is -2.47. The Hall–Kier alpha value is 0.160. The predicted octanol–water partition coefficient (Wildman–Crippen LogP) is 3.30. The van der Waals surface area contributed by atoms with E-state index in [1.54, 1.807) is 0 Å². The Morgan fingerprint density at radius 2 is 1.89 bits per heavy atom. The van der Waals surface area contributed by atoms with Crippen LogP contribution in [0.2, 0.25) is 0 Å². The quantitative estimate of drug-likeness (QED) is 0.351. The highest BCUT2D eigenvalue weighted by Crippen LogP contribution is 2.32. The van der Waals surface area contributed by atoms with Crippen molar-refractivity contribution in [2.75, 3.05) is 17.5 Å². The molecule has 0 aliphatic carbocycles. The maximum Gasteiger partial charge on any atom is 0.311 e.